The zero-order valence-electron chi connectivity index (χ0n) is 29.4. The Kier molecular flexibility index (Phi) is 9.53. The lowest BCUT2D eigenvalue weighted by molar-refractivity contribution is -0.141. The Hall–Kier alpha value is -4.35. The number of nitrogens with zero attached hydrogens (tertiary/aromatic N) is 4. The minimum atomic E-state index is -4.06. The van der Waals surface area contributed by atoms with Crippen molar-refractivity contribution in [3.63, 3.8) is 0 Å². The first-order valence-electron chi connectivity index (χ1n) is 18.4. The van der Waals surface area contributed by atoms with E-state index in [4.69, 9.17) is 25.4 Å². The van der Waals surface area contributed by atoms with Crippen molar-refractivity contribution in [2.75, 3.05) is 6.54 Å². The molecule has 2 saturated heterocycles. The average molecular weight is 782 g/mol. The van der Waals surface area contributed by atoms with E-state index in [1.54, 1.807) is 6.07 Å². The van der Waals surface area contributed by atoms with E-state index in [2.05, 4.69) is 10.0 Å². The van der Waals surface area contributed by atoms with Gasteiger partial charge >= 0.3 is 0 Å². The van der Waals surface area contributed by atoms with Crippen LogP contribution in [0.4, 0.5) is 8.78 Å². The van der Waals surface area contributed by atoms with Crippen LogP contribution in [0, 0.1) is 5.92 Å². The molecule has 4 heterocycles. The number of halogens is 2. The van der Waals surface area contributed by atoms with Gasteiger partial charge in [0, 0.05) is 18.8 Å². The zero-order chi connectivity index (χ0) is 37.8. The van der Waals surface area contributed by atoms with Crippen molar-refractivity contribution in [3.8, 4) is 16.6 Å². The SMILES string of the molecule is N[C@H]1CCCCCC(F)(F)C2CC[C@](C(=O)NS(=O)(=O)C3CC3)(C2)NC(=O)[C@@H]2C[C@@H](Oc3nc4ccccc4nc3-c3nc4ccccc4s3)CN2C1=O. The number of benzene rings is 2. The molecule has 54 heavy (non-hydrogen) atoms. The molecule has 2 aliphatic carbocycles. The number of hydrogen-bond acceptors (Lipinski definition) is 11. The summed E-state index contributed by atoms with van der Waals surface area (Å²) >= 11 is 1.42. The van der Waals surface area contributed by atoms with Gasteiger partial charge in [0.15, 0.2) is 5.69 Å². The molecular weight excluding hydrogens is 741 g/mol. The standard InChI is InChI=1S/C37H41F2N7O6S2/c38-37(39)16-7-1-2-8-24(40)34(48)46-20-22(18-28(46)31(47)44-36(17-15-21(37)19-36)35(49)45-54(50,51)23-13-14-23)52-32-30(41-25-9-3-4-10-26(25)42-32)33-43-27-11-5-6-12-29(27)53-33/h3-6,9-12,21-24,28H,1-2,7-8,13-20,40H2,(H,44,47)(H,45,49)/t21?,22-,24+,28+,36-/m1/s1. The number of rotatable bonds is 6. The van der Waals surface area contributed by atoms with Crippen molar-refractivity contribution in [1.82, 2.24) is 29.9 Å². The van der Waals surface area contributed by atoms with Crippen LogP contribution in [0.5, 0.6) is 5.88 Å². The van der Waals surface area contributed by atoms with Crippen LogP contribution in [0.25, 0.3) is 32.0 Å². The summed E-state index contributed by atoms with van der Waals surface area (Å²) in [6.07, 6.45) is 0.0106. The van der Waals surface area contributed by atoms with Crippen LogP contribution in [-0.4, -0.2) is 87.4 Å². The van der Waals surface area contributed by atoms with Crippen molar-refractivity contribution >= 4 is 60.3 Å². The van der Waals surface area contributed by atoms with Gasteiger partial charge in [-0.25, -0.2) is 32.2 Å². The van der Waals surface area contributed by atoms with Crippen molar-refractivity contribution in [2.24, 2.45) is 11.7 Å². The second-order valence-electron chi connectivity index (χ2n) is 15.0. The third-order valence-corrected chi connectivity index (χ3v) is 14.0. The molecule has 4 N–H and O–H groups in total. The van der Waals surface area contributed by atoms with Crippen LogP contribution in [0.3, 0.4) is 0 Å². The second kappa shape index (κ2) is 14.1. The molecule has 2 saturated carbocycles. The number of sulfonamides is 1. The van der Waals surface area contributed by atoms with Crippen LogP contribution in [0.2, 0.25) is 0 Å². The van der Waals surface area contributed by atoms with E-state index in [9.17, 15) is 22.8 Å². The van der Waals surface area contributed by atoms with Gasteiger partial charge in [0.05, 0.1) is 39.1 Å². The summed E-state index contributed by atoms with van der Waals surface area (Å²) in [6, 6.07) is 12.7. The van der Waals surface area contributed by atoms with Crippen molar-refractivity contribution in [3.05, 3.63) is 48.5 Å². The second-order valence-corrected chi connectivity index (χ2v) is 18.0. The Balaban J connectivity index is 1.13. The summed E-state index contributed by atoms with van der Waals surface area (Å²) in [5.74, 6) is -6.60. The first kappa shape index (κ1) is 36.6. The Morgan fingerprint density at radius 1 is 0.944 bits per heavy atom. The summed E-state index contributed by atoms with van der Waals surface area (Å²) in [5.41, 5.74) is 6.78. The molecule has 0 radical (unpaired) electrons. The highest BCUT2D eigenvalue weighted by atomic mass is 32.2. The number of ether oxygens (including phenoxy) is 1. The predicted octanol–water partition coefficient (Wildman–Crippen LogP) is 4.45. The number of aromatic nitrogens is 3. The topological polar surface area (TPSA) is 187 Å². The molecule has 5 atom stereocenters. The molecule has 13 nitrogen and oxygen atoms in total. The molecular formula is C37H41F2N7O6S2. The average Bonchev–Trinajstić information content (AvgIpc) is 3.58. The zero-order valence-corrected chi connectivity index (χ0v) is 31.0. The van der Waals surface area contributed by atoms with Crippen molar-refractivity contribution in [2.45, 2.75) is 106 Å². The van der Waals surface area contributed by atoms with Gasteiger partial charge < -0.3 is 20.7 Å². The molecule has 1 unspecified atom stereocenters. The molecule has 2 bridgehead atoms. The molecule has 2 aromatic carbocycles. The predicted molar refractivity (Wildman–Crippen MR) is 197 cm³/mol. The minimum absolute atomic E-state index is 0.0459. The van der Waals surface area contributed by atoms with E-state index >= 15 is 8.78 Å². The van der Waals surface area contributed by atoms with Gasteiger partial charge in [0.2, 0.25) is 27.7 Å². The summed E-state index contributed by atoms with van der Waals surface area (Å²) < 4.78 is 66.5. The number of carbonyl (C=O) groups excluding carboxylic acids is 3. The van der Waals surface area contributed by atoms with Gasteiger partial charge in [-0.05, 0) is 69.2 Å². The maximum absolute atomic E-state index is 15.6. The van der Waals surface area contributed by atoms with Gasteiger partial charge in [0.1, 0.15) is 22.7 Å². The Labute approximate surface area is 314 Å². The fraction of sp³-hybridized carbons (Fsp3) is 0.514. The highest BCUT2D eigenvalue weighted by molar-refractivity contribution is 7.91. The van der Waals surface area contributed by atoms with Crippen LogP contribution >= 0.6 is 11.3 Å². The Bertz CT molecular complexity index is 2200. The Morgan fingerprint density at radius 2 is 1.67 bits per heavy atom. The third kappa shape index (κ3) is 7.12. The number of para-hydroxylation sites is 3. The monoisotopic (exact) mass is 781 g/mol. The lowest BCUT2D eigenvalue weighted by atomic mass is 9.90. The summed E-state index contributed by atoms with van der Waals surface area (Å²) in [4.78, 5) is 57.9. The molecule has 8 rings (SSSR count). The normalized spacial score (nSPS) is 27.9. The highest BCUT2D eigenvalue weighted by Gasteiger charge is 2.56. The molecule has 286 valence electrons. The largest absolute Gasteiger partial charge is 0.471 e. The van der Waals surface area contributed by atoms with Gasteiger partial charge in [-0.15, -0.1) is 11.3 Å². The third-order valence-electron chi connectivity index (χ3n) is 11.1. The van der Waals surface area contributed by atoms with Crippen LogP contribution < -0.4 is 20.5 Å². The van der Waals surface area contributed by atoms with E-state index in [-0.39, 0.29) is 44.5 Å². The van der Waals surface area contributed by atoms with Crippen LogP contribution in [-0.2, 0) is 24.4 Å². The lowest BCUT2D eigenvalue weighted by Crippen LogP contribution is -2.62. The summed E-state index contributed by atoms with van der Waals surface area (Å²) in [7, 11) is -4.06. The Morgan fingerprint density at radius 3 is 2.41 bits per heavy atom. The fourth-order valence-electron chi connectivity index (χ4n) is 7.94. The van der Waals surface area contributed by atoms with E-state index in [0.29, 0.717) is 47.4 Å². The van der Waals surface area contributed by atoms with Crippen LogP contribution in [0.15, 0.2) is 48.5 Å². The van der Waals surface area contributed by atoms with E-state index in [1.807, 2.05) is 42.5 Å². The number of nitrogens with two attached hydrogens (primary N) is 1. The maximum atomic E-state index is 15.6. The molecule has 0 spiro atoms. The van der Waals surface area contributed by atoms with Crippen molar-refractivity contribution < 1.29 is 36.3 Å². The van der Waals surface area contributed by atoms with Gasteiger partial charge in [-0.1, -0.05) is 37.1 Å². The summed E-state index contributed by atoms with van der Waals surface area (Å²) in [6.45, 7) is -0.0611. The first-order valence-corrected chi connectivity index (χ1v) is 20.8. The number of nitrogens with one attached hydrogen (secondary N) is 2. The molecule has 2 aromatic heterocycles. The maximum Gasteiger partial charge on any atom is 0.259 e. The molecule has 3 amide bonds. The van der Waals surface area contributed by atoms with E-state index in [1.165, 1.54) is 16.2 Å². The minimum Gasteiger partial charge on any atom is -0.471 e. The van der Waals surface area contributed by atoms with Gasteiger partial charge in [-0.3, -0.25) is 19.1 Å². The van der Waals surface area contributed by atoms with E-state index < -0.39 is 81.4 Å². The summed E-state index contributed by atoms with van der Waals surface area (Å²) in [5, 5.41) is 2.52. The van der Waals surface area contributed by atoms with Crippen molar-refractivity contribution in [1.29, 1.82) is 0 Å². The molecule has 17 heteroatoms. The number of amides is 3. The number of alkyl halides is 2. The highest BCUT2D eigenvalue weighted by Crippen LogP contribution is 2.46. The molecule has 2 aliphatic heterocycles. The number of hydrogen-bond donors (Lipinski definition) is 3. The number of carbonyl (C=O) groups is 3. The quantitative estimate of drug-likeness (QED) is 0.253. The number of thiazole rings is 1. The van der Waals surface area contributed by atoms with Crippen LogP contribution in [0.1, 0.15) is 70.6 Å². The van der Waals surface area contributed by atoms with Gasteiger partial charge in [-0.2, -0.15) is 0 Å². The first-order chi connectivity index (χ1) is 25.8. The fourth-order valence-corrected chi connectivity index (χ4v) is 10.3. The molecule has 4 aliphatic rings. The molecule has 4 fully saturated rings. The number of fused-ring (bicyclic) bond motifs is 5. The van der Waals surface area contributed by atoms with E-state index in [0.717, 1.165) is 10.2 Å². The van der Waals surface area contributed by atoms with Gasteiger partial charge in [0.25, 0.3) is 11.8 Å². The smallest absolute Gasteiger partial charge is 0.259 e. The molecule has 4 aromatic rings. The lowest BCUT2D eigenvalue weighted by Gasteiger charge is -2.33.